The van der Waals surface area contributed by atoms with Crippen molar-refractivity contribution in [3.8, 4) is 0 Å². The molecule has 8 heteroatoms. The summed E-state index contributed by atoms with van der Waals surface area (Å²) in [4.78, 5) is 7.23. The predicted octanol–water partition coefficient (Wildman–Crippen LogP) is 1.77. The lowest BCUT2D eigenvalue weighted by molar-refractivity contribution is 0.168. The summed E-state index contributed by atoms with van der Waals surface area (Å²) < 4.78 is 1.95. The largest absolute Gasteiger partial charge is 0.388 e. The Morgan fingerprint density at radius 2 is 2.07 bits per heavy atom. The molecule has 8 nitrogen and oxygen atoms in total. The first-order chi connectivity index (χ1) is 14.6. The maximum atomic E-state index is 10.4. The molecule has 1 aliphatic heterocycles. The van der Waals surface area contributed by atoms with Gasteiger partial charge < -0.3 is 20.3 Å². The molecule has 1 aromatic heterocycles. The molecule has 0 bridgehead atoms. The van der Waals surface area contributed by atoms with E-state index in [0.29, 0.717) is 25.6 Å². The van der Waals surface area contributed by atoms with Crippen molar-refractivity contribution < 1.29 is 5.11 Å². The van der Waals surface area contributed by atoms with Crippen LogP contribution in [0.4, 0.5) is 0 Å². The highest BCUT2D eigenvalue weighted by atomic mass is 16.3. The number of aryl methyl sites for hydroxylation is 1. The number of aliphatic hydroxyl groups is 1. The third-order valence-electron chi connectivity index (χ3n) is 5.87. The Morgan fingerprint density at radius 1 is 1.27 bits per heavy atom. The number of nitrogens with zero attached hydrogens (tertiary/aromatic N) is 5. The van der Waals surface area contributed by atoms with Crippen molar-refractivity contribution in [2.75, 3.05) is 26.2 Å². The Morgan fingerprint density at radius 3 is 2.77 bits per heavy atom. The van der Waals surface area contributed by atoms with Crippen molar-refractivity contribution in [2.24, 2.45) is 12.0 Å². The van der Waals surface area contributed by atoms with E-state index in [1.54, 1.807) is 0 Å². The molecule has 2 unspecified atom stereocenters. The molecule has 2 atom stereocenters. The van der Waals surface area contributed by atoms with Gasteiger partial charge in [-0.3, -0.25) is 4.90 Å². The molecule has 0 radical (unpaired) electrons. The van der Waals surface area contributed by atoms with E-state index in [2.05, 4.69) is 32.7 Å². The maximum absolute atomic E-state index is 10.4. The van der Waals surface area contributed by atoms with Gasteiger partial charge in [-0.2, -0.15) is 0 Å². The van der Waals surface area contributed by atoms with Crippen molar-refractivity contribution in [2.45, 2.75) is 51.8 Å². The Labute approximate surface area is 179 Å². The number of rotatable bonds is 9. The molecular weight excluding hydrogens is 378 g/mol. The van der Waals surface area contributed by atoms with Crippen molar-refractivity contribution in [1.29, 1.82) is 0 Å². The standard InChI is InChI=1S/C22H35N7O/c1-4-29-14-8-11-19(29)15-24-22(25-16-21-27-26-17(2)28(21)3)23-13-12-20(30)18-9-6-5-7-10-18/h5-7,9-10,19-20,30H,4,8,11-16H2,1-3H3,(H2,23,24,25). The molecule has 164 valence electrons. The van der Waals surface area contributed by atoms with Crippen molar-refractivity contribution >= 4 is 5.96 Å². The van der Waals surface area contributed by atoms with Crippen LogP contribution in [0.5, 0.6) is 0 Å². The molecule has 2 aromatic rings. The number of guanidine groups is 1. The van der Waals surface area contributed by atoms with Crippen molar-refractivity contribution in [3.63, 3.8) is 0 Å². The lowest BCUT2D eigenvalue weighted by Crippen LogP contribution is -2.45. The molecule has 0 saturated carbocycles. The van der Waals surface area contributed by atoms with Crippen LogP contribution in [0, 0.1) is 6.92 Å². The van der Waals surface area contributed by atoms with Gasteiger partial charge in [-0.25, -0.2) is 4.99 Å². The van der Waals surface area contributed by atoms with Crippen molar-refractivity contribution in [1.82, 2.24) is 30.3 Å². The number of aliphatic hydroxyl groups excluding tert-OH is 1. The summed E-state index contributed by atoms with van der Waals surface area (Å²) in [5.41, 5.74) is 0.935. The Kier molecular flexibility index (Phi) is 8.21. The monoisotopic (exact) mass is 413 g/mol. The lowest BCUT2D eigenvalue weighted by Gasteiger charge is -2.24. The summed E-state index contributed by atoms with van der Waals surface area (Å²) >= 11 is 0. The summed E-state index contributed by atoms with van der Waals surface area (Å²) in [5, 5.41) is 25.6. The van der Waals surface area contributed by atoms with Gasteiger partial charge in [0.1, 0.15) is 12.4 Å². The smallest absolute Gasteiger partial charge is 0.191 e. The van der Waals surface area contributed by atoms with E-state index < -0.39 is 6.10 Å². The highest BCUT2D eigenvalue weighted by molar-refractivity contribution is 5.79. The van der Waals surface area contributed by atoms with Crippen LogP contribution in [0.25, 0.3) is 0 Å². The predicted molar refractivity (Wildman–Crippen MR) is 119 cm³/mol. The lowest BCUT2D eigenvalue weighted by atomic mass is 10.1. The van der Waals surface area contributed by atoms with E-state index in [-0.39, 0.29) is 0 Å². The molecule has 0 aliphatic carbocycles. The number of hydrogen-bond acceptors (Lipinski definition) is 5. The molecule has 3 N–H and O–H groups in total. The molecular formula is C22H35N7O. The van der Waals surface area contributed by atoms with Gasteiger partial charge in [0, 0.05) is 26.2 Å². The van der Waals surface area contributed by atoms with Gasteiger partial charge in [0.2, 0.25) is 0 Å². The van der Waals surface area contributed by atoms with Gasteiger partial charge in [0.15, 0.2) is 11.8 Å². The first kappa shape index (κ1) is 22.2. The zero-order valence-corrected chi connectivity index (χ0v) is 18.4. The van der Waals surface area contributed by atoms with E-state index in [4.69, 9.17) is 4.99 Å². The van der Waals surface area contributed by atoms with E-state index in [0.717, 1.165) is 36.3 Å². The van der Waals surface area contributed by atoms with Crippen LogP contribution in [-0.4, -0.2) is 63.0 Å². The molecule has 2 heterocycles. The van der Waals surface area contributed by atoms with Crippen LogP contribution in [-0.2, 0) is 13.6 Å². The second kappa shape index (κ2) is 11.1. The fourth-order valence-electron chi connectivity index (χ4n) is 3.84. The fraction of sp³-hybridized carbons (Fsp3) is 0.591. The first-order valence-corrected chi connectivity index (χ1v) is 10.9. The molecule has 3 rings (SSSR count). The van der Waals surface area contributed by atoms with Gasteiger partial charge in [-0.1, -0.05) is 37.3 Å². The summed E-state index contributed by atoms with van der Waals surface area (Å²) in [6.45, 7) is 8.34. The number of aliphatic imine (C=N–C) groups is 1. The average Bonchev–Trinajstić information content (AvgIpc) is 3.36. The number of hydrogen-bond donors (Lipinski definition) is 3. The van der Waals surface area contributed by atoms with Gasteiger partial charge in [0.05, 0.1) is 6.10 Å². The van der Waals surface area contributed by atoms with Crippen LogP contribution in [0.1, 0.15) is 49.5 Å². The second-order valence-corrected chi connectivity index (χ2v) is 7.83. The third-order valence-corrected chi connectivity index (χ3v) is 5.87. The van der Waals surface area contributed by atoms with Crippen LogP contribution < -0.4 is 10.6 Å². The van der Waals surface area contributed by atoms with E-state index in [9.17, 15) is 5.11 Å². The Balaban J connectivity index is 1.58. The van der Waals surface area contributed by atoms with Gasteiger partial charge >= 0.3 is 0 Å². The van der Waals surface area contributed by atoms with Crippen LogP contribution in [0.15, 0.2) is 35.3 Å². The van der Waals surface area contributed by atoms with E-state index in [1.165, 1.54) is 19.4 Å². The quantitative estimate of drug-likeness (QED) is 0.429. The van der Waals surface area contributed by atoms with Crippen LogP contribution in [0.2, 0.25) is 0 Å². The van der Waals surface area contributed by atoms with Gasteiger partial charge in [0.25, 0.3) is 0 Å². The number of aromatic nitrogens is 3. The highest BCUT2D eigenvalue weighted by Crippen LogP contribution is 2.16. The maximum Gasteiger partial charge on any atom is 0.191 e. The summed E-state index contributed by atoms with van der Waals surface area (Å²) in [6, 6.07) is 10.3. The zero-order chi connectivity index (χ0) is 21.3. The molecule has 1 aliphatic rings. The molecule has 0 spiro atoms. The van der Waals surface area contributed by atoms with Crippen molar-refractivity contribution in [3.05, 3.63) is 47.5 Å². The minimum atomic E-state index is -0.494. The molecule has 0 amide bonds. The molecule has 1 aromatic carbocycles. The summed E-state index contributed by atoms with van der Waals surface area (Å²) in [7, 11) is 1.95. The van der Waals surface area contributed by atoms with E-state index in [1.807, 2.05) is 48.9 Å². The highest BCUT2D eigenvalue weighted by Gasteiger charge is 2.22. The Hall–Kier alpha value is -2.45. The first-order valence-electron chi connectivity index (χ1n) is 10.9. The number of likely N-dealkylation sites (N-methyl/N-ethyl adjacent to an activating group) is 1. The average molecular weight is 414 g/mol. The number of benzene rings is 1. The topological polar surface area (TPSA) is 90.6 Å². The fourth-order valence-corrected chi connectivity index (χ4v) is 3.84. The second-order valence-electron chi connectivity index (χ2n) is 7.83. The number of nitrogens with one attached hydrogen (secondary N) is 2. The minimum absolute atomic E-state index is 0.454. The Bertz CT molecular complexity index is 805. The third kappa shape index (κ3) is 6.03. The van der Waals surface area contributed by atoms with Gasteiger partial charge in [-0.05, 0) is 44.8 Å². The minimum Gasteiger partial charge on any atom is -0.388 e. The molecule has 1 saturated heterocycles. The van der Waals surface area contributed by atoms with Gasteiger partial charge in [-0.15, -0.1) is 10.2 Å². The normalized spacial score (nSPS) is 18.5. The van der Waals surface area contributed by atoms with Crippen LogP contribution in [0.3, 0.4) is 0 Å². The summed E-state index contributed by atoms with van der Waals surface area (Å²) in [5.74, 6) is 2.45. The van der Waals surface area contributed by atoms with Crippen LogP contribution >= 0.6 is 0 Å². The number of likely N-dealkylation sites (tertiary alicyclic amines) is 1. The summed E-state index contributed by atoms with van der Waals surface area (Å²) in [6.07, 6.45) is 2.58. The molecule has 30 heavy (non-hydrogen) atoms. The SMILES string of the molecule is CCN1CCCC1CNC(=NCc1nnc(C)n1C)NCCC(O)c1ccccc1. The zero-order valence-electron chi connectivity index (χ0n) is 18.4. The van der Waals surface area contributed by atoms with E-state index >= 15 is 0 Å². The molecule has 1 fully saturated rings.